The number of anilines is 1. The van der Waals surface area contributed by atoms with Gasteiger partial charge in [-0.15, -0.1) is 11.3 Å². The highest BCUT2D eigenvalue weighted by molar-refractivity contribution is 7.21. The molecule has 2 aromatic heterocycles. The van der Waals surface area contributed by atoms with E-state index >= 15 is 0 Å². The quantitative estimate of drug-likeness (QED) is 0.313. The normalized spacial score (nSPS) is 11.1. The number of amides is 1. The lowest BCUT2D eigenvalue weighted by molar-refractivity contribution is 0.102. The summed E-state index contributed by atoms with van der Waals surface area (Å²) in [5.74, 6) is -0.149. The number of nitrogens with one attached hydrogen (secondary N) is 1. The monoisotopic (exact) mass is 452 g/mol. The second-order valence-electron chi connectivity index (χ2n) is 8.02. The van der Waals surface area contributed by atoms with Crippen LogP contribution in [0.15, 0.2) is 79.0 Å². The first-order chi connectivity index (χ1) is 16.1. The van der Waals surface area contributed by atoms with E-state index in [0.29, 0.717) is 5.56 Å². The van der Waals surface area contributed by atoms with Crippen LogP contribution in [0.25, 0.3) is 26.5 Å². The molecule has 0 unspecified atom stereocenters. The van der Waals surface area contributed by atoms with E-state index < -0.39 is 0 Å². The molecule has 6 heteroatoms. The van der Waals surface area contributed by atoms with E-state index in [2.05, 4.69) is 42.5 Å². The third kappa shape index (κ3) is 4.30. The van der Waals surface area contributed by atoms with Crippen molar-refractivity contribution in [3.8, 4) is 16.3 Å². The smallest absolute Gasteiger partial charge is 0.259 e. The molecular weight excluding hydrogens is 428 g/mol. The third-order valence-electron chi connectivity index (χ3n) is 5.53. The van der Waals surface area contributed by atoms with Gasteiger partial charge in [-0.25, -0.2) is 9.67 Å². The number of carbonyl (C=O) groups is 1. The lowest BCUT2D eigenvalue weighted by Gasteiger charge is -2.10. The number of thiazole rings is 1. The van der Waals surface area contributed by atoms with Crippen LogP contribution in [-0.2, 0) is 6.42 Å². The minimum absolute atomic E-state index is 0.149. The molecule has 0 atom stereocenters. The summed E-state index contributed by atoms with van der Waals surface area (Å²) in [6.07, 6.45) is 3.35. The molecule has 0 bridgehead atoms. The lowest BCUT2D eigenvalue weighted by Crippen LogP contribution is -2.14. The molecule has 0 fully saturated rings. The number of hydrogen-bond donors (Lipinski definition) is 1. The summed E-state index contributed by atoms with van der Waals surface area (Å²) < 4.78 is 3.04. The van der Waals surface area contributed by atoms with Crippen molar-refractivity contribution in [1.29, 1.82) is 0 Å². The highest BCUT2D eigenvalue weighted by Crippen LogP contribution is 2.31. The molecule has 0 saturated carbocycles. The number of hydrogen-bond acceptors (Lipinski definition) is 4. The van der Waals surface area contributed by atoms with Crippen molar-refractivity contribution in [1.82, 2.24) is 14.8 Å². The second kappa shape index (κ2) is 9.00. The molecule has 0 saturated heterocycles. The molecule has 5 rings (SSSR count). The van der Waals surface area contributed by atoms with Crippen LogP contribution >= 0.6 is 11.3 Å². The molecule has 0 aliphatic carbocycles. The number of aryl methyl sites for hydroxylation is 1. The topological polar surface area (TPSA) is 59.8 Å². The Balaban J connectivity index is 1.37. The predicted molar refractivity (Wildman–Crippen MR) is 135 cm³/mol. The maximum atomic E-state index is 13.1. The zero-order valence-electron chi connectivity index (χ0n) is 18.6. The van der Waals surface area contributed by atoms with Crippen molar-refractivity contribution in [2.75, 3.05) is 5.32 Å². The van der Waals surface area contributed by atoms with Crippen molar-refractivity contribution >= 4 is 33.1 Å². The zero-order valence-corrected chi connectivity index (χ0v) is 19.4. The van der Waals surface area contributed by atoms with E-state index in [0.717, 1.165) is 46.0 Å². The van der Waals surface area contributed by atoms with E-state index in [1.165, 1.54) is 10.3 Å². The Morgan fingerprint density at radius 3 is 2.58 bits per heavy atom. The van der Waals surface area contributed by atoms with Gasteiger partial charge >= 0.3 is 0 Å². The third-order valence-corrected chi connectivity index (χ3v) is 6.60. The fourth-order valence-electron chi connectivity index (χ4n) is 3.88. The molecule has 5 aromatic rings. The molecule has 3 aromatic carbocycles. The van der Waals surface area contributed by atoms with Crippen LogP contribution in [0.1, 0.15) is 35.0 Å². The predicted octanol–water partition coefficient (Wildman–Crippen LogP) is 6.66. The van der Waals surface area contributed by atoms with Gasteiger partial charge in [-0.2, -0.15) is 5.10 Å². The molecule has 2 heterocycles. The minimum Gasteiger partial charge on any atom is -0.322 e. The van der Waals surface area contributed by atoms with Gasteiger partial charge in [0.05, 0.1) is 33.4 Å². The first-order valence-electron chi connectivity index (χ1n) is 11.0. The van der Waals surface area contributed by atoms with Crippen molar-refractivity contribution in [3.05, 3.63) is 95.8 Å². The molecule has 5 nitrogen and oxygen atoms in total. The van der Waals surface area contributed by atoms with Gasteiger partial charge in [0, 0.05) is 11.3 Å². The number of carbonyl (C=O) groups excluding carboxylic acids is 1. The Labute approximate surface area is 196 Å². The number of nitrogens with zero attached hydrogens (tertiary/aromatic N) is 3. The summed E-state index contributed by atoms with van der Waals surface area (Å²) in [5, 5.41) is 8.50. The van der Waals surface area contributed by atoms with Crippen LogP contribution in [0.2, 0.25) is 0 Å². The average Bonchev–Trinajstić information content (AvgIpc) is 3.44. The molecule has 0 aliphatic heterocycles. The van der Waals surface area contributed by atoms with Gasteiger partial charge in [0.1, 0.15) is 5.01 Å². The van der Waals surface area contributed by atoms with E-state index in [1.54, 1.807) is 17.5 Å². The van der Waals surface area contributed by atoms with Crippen LogP contribution in [0.4, 0.5) is 5.69 Å². The maximum absolute atomic E-state index is 13.1. The van der Waals surface area contributed by atoms with Gasteiger partial charge in [-0.05, 0) is 67.4 Å². The van der Waals surface area contributed by atoms with Crippen molar-refractivity contribution in [2.45, 2.75) is 26.7 Å². The molecule has 164 valence electrons. The number of benzene rings is 3. The number of rotatable bonds is 6. The van der Waals surface area contributed by atoms with Gasteiger partial charge in [-0.3, -0.25) is 4.79 Å². The highest BCUT2D eigenvalue weighted by Gasteiger charge is 2.18. The SMILES string of the molecule is CCCc1c(C(=O)Nc2ccc(-c3nc4ccc(C)cc4s3)cc2)cnn1-c1ccccc1. The van der Waals surface area contributed by atoms with Crippen molar-refractivity contribution in [3.63, 3.8) is 0 Å². The number of fused-ring (bicyclic) bond motifs is 1. The van der Waals surface area contributed by atoms with Gasteiger partial charge < -0.3 is 5.32 Å². The molecule has 0 radical (unpaired) electrons. The summed E-state index contributed by atoms with van der Waals surface area (Å²) in [4.78, 5) is 17.8. The summed E-state index contributed by atoms with van der Waals surface area (Å²) in [7, 11) is 0. The largest absolute Gasteiger partial charge is 0.322 e. The van der Waals surface area contributed by atoms with Crippen molar-refractivity contribution < 1.29 is 4.79 Å². The summed E-state index contributed by atoms with van der Waals surface area (Å²) in [6, 6.07) is 24.1. The van der Waals surface area contributed by atoms with E-state index in [1.807, 2.05) is 59.3 Å². The summed E-state index contributed by atoms with van der Waals surface area (Å²) >= 11 is 1.68. The molecule has 0 aliphatic rings. The van der Waals surface area contributed by atoms with Gasteiger partial charge in [0.15, 0.2) is 0 Å². The Morgan fingerprint density at radius 2 is 1.82 bits per heavy atom. The van der Waals surface area contributed by atoms with Crippen LogP contribution in [-0.4, -0.2) is 20.7 Å². The fraction of sp³-hybridized carbons (Fsp3) is 0.148. The van der Waals surface area contributed by atoms with Crippen molar-refractivity contribution in [2.24, 2.45) is 0 Å². The van der Waals surface area contributed by atoms with Crippen LogP contribution < -0.4 is 5.32 Å². The average molecular weight is 453 g/mol. The Kier molecular flexibility index (Phi) is 5.75. The fourth-order valence-corrected chi connectivity index (χ4v) is 4.95. The Morgan fingerprint density at radius 1 is 1.03 bits per heavy atom. The van der Waals surface area contributed by atoms with E-state index in [9.17, 15) is 4.79 Å². The maximum Gasteiger partial charge on any atom is 0.259 e. The van der Waals surface area contributed by atoms with E-state index in [-0.39, 0.29) is 5.91 Å². The zero-order chi connectivity index (χ0) is 22.8. The first-order valence-corrected chi connectivity index (χ1v) is 11.9. The molecular formula is C27H24N4OS. The summed E-state index contributed by atoms with van der Waals surface area (Å²) in [6.45, 7) is 4.19. The van der Waals surface area contributed by atoms with Gasteiger partial charge in [0.25, 0.3) is 5.91 Å². The standard InChI is InChI=1S/C27H24N4OS/c1-3-7-24-22(17-28-31(24)21-8-5-4-6-9-21)26(32)29-20-13-11-19(12-14-20)27-30-23-15-10-18(2)16-25(23)33-27/h4-6,8-17H,3,7H2,1-2H3,(H,29,32). The molecule has 1 amide bonds. The van der Waals surface area contributed by atoms with Crippen LogP contribution in [0.5, 0.6) is 0 Å². The van der Waals surface area contributed by atoms with Gasteiger partial charge in [-0.1, -0.05) is 37.6 Å². The molecule has 0 spiro atoms. The first kappa shape index (κ1) is 21.1. The molecule has 1 N–H and O–H groups in total. The number of aromatic nitrogens is 3. The minimum atomic E-state index is -0.149. The number of para-hydroxylation sites is 1. The van der Waals surface area contributed by atoms with Crippen LogP contribution in [0, 0.1) is 6.92 Å². The van der Waals surface area contributed by atoms with Gasteiger partial charge in [0.2, 0.25) is 0 Å². The second-order valence-corrected chi connectivity index (χ2v) is 9.05. The Bertz CT molecular complexity index is 1420. The van der Waals surface area contributed by atoms with E-state index in [4.69, 9.17) is 4.98 Å². The summed E-state index contributed by atoms with van der Waals surface area (Å²) in [5.41, 5.74) is 6.50. The Hall–Kier alpha value is -3.77. The lowest BCUT2D eigenvalue weighted by atomic mass is 10.1. The highest BCUT2D eigenvalue weighted by atomic mass is 32.1. The molecule has 33 heavy (non-hydrogen) atoms. The van der Waals surface area contributed by atoms with Crippen LogP contribution in [0.3, 0.4) is 0 Å².